The van der Waals surface area contributed by atoms with E-state index in [2.05, 4.69) is 32.9 Å². The topological polar surface area (TPSA) is 22.1 Å². The molecule has 0 spiro atoms. The zero-order valence-electron chi connectivity index (χ0n) is 16.2. The fourth-order valence-corrected chi connectivity index (χ4v) is 19.0. The van der Waals surface area contributed by atoms with Crippen LogP contribution < -0.4 is 8.45 Å². The number of pyridine rings is 1. The van der Waals surface area contributed by atoms with Crippen molar-refractivity contribution < 1.29 is 4.74 Å². The monoisotopic (exact) mass is 439 g/mol. The van der Waals surface area contributed by atoms with Crippen LogP contribution in [0.3, 0.4) is 0 Å². The first-order valence-corrected chi connectivity index (χ1v) is 17.8. The maximum atomic E-state index is 6.07. The van der Waals surface area contributed by atoms with E-state index in [0.717, 1.165) is 18.3 Å². The van der Waals surface area contributed by atoms with E-state index in [1.54, 1.807) is 0 Å². The molecule has 1 aromatic heterocycles. The van der Waals surface area contributed by atoms with Gasteiger partial charge in [-0.15, -0.1) is 0 Å². The summed E-state index contributed by atoms with van der Waals surface area (Å²) in [5.41, 5.74) is 0. The molecule has 1 saturated carbocycles. The number of rotatable bonds is 13. The number of unbranched alkanes of at least 4 members (excludes halogenated alkanes) is 3. The van der Waals surface area contributed by atoms with Crippen LogP contribution >= 0.6 is 0 Å². The van der Waals surface area contributed by atoms with Gasteiger partial charge in [0.15, 0.2) is 0 Å². The van der Waals surface area contributed by atoms with Crippen LogP contribution in [0.1, 0.15) is 72.1 Å². The summed E-state index contributed by atoms with van der Waals surface area (Å²) in [5.74, 6) is 1.90. The van der Waals surface area contributed by atoms with Gasteiger partial charge >= 0.3 is 154 Å². The van der Waals surface area contributed by atoms with Gasteiger partial charge in [-0.05, 0) is 0 Å². The number of hydrogen-bond acceptors (Lipinski definition) is 2. The standard InChI is InChI=1S/C9H10NO.3C4H9.Sn/c1-2-8(1)7-11-9-3-5-10-6-4-9;3*1-3-4-2;/h3-5,8H,1-2,7H2;3*1,3-4H2,2H3;. The third kappa shape index (κ3) is 6.24. The molecule has 0 N–H and O–H groups in total. The molecule has 2 nitrogen and oxygen atoms in total. The molecule has 2 rings (SSSR count). The van der Waals surface area contributed by atoms with Gasteiger partial charge in [-0.1, -0.05) is 0 Å². The van der Waals surface area contributed by atoms with Crippen molar-refractivity contribution in [1.29, 1.82) is 0 Å². The van der Waals surface area contributed by atoms with Crippen LogP contribution in [-0.2, 0) is 0 Å². The Hall–Kier alpha value is -0.251. The second-order valence-corrected chi connectivity index (χ2v) is 20.8. The fourth-order valence-electron chi connectivity index (χ4n) is 3.59. The van der Waals surface area contributed by atoms with Crippen LogP contribution in [0.5, 0.6) is 5.75 Å². The predicted octanol–water partition coefficient (Wildman–Crippen LogP) is 5.93. The van der Waals surface area contributed by atoms with Gasteiger partial charge in [0.05, 0.1) is 0 Å². The second kappa shape index (κ2) is 10.7. The third-order valence-electron chi connectivity index (χ3n) is 5.48. The van der Waals surface area contributed by atoms with Crippen LogP contribution in [0.15, 0.2) is 18.3 Å². The van der Waals surface area contributed by atoms with Crippen molar-refractivity contribution in [2.24, 2.45) is 5.92 Å². The van der Waals surface area contributed by atoms with Gasteiger partial charge in [-0.3, -0.25) is 0 Å². The van der Waals surface area contributed by atoms with Gasteiger partial charge < -0.3 is 0 Å². The molecule has 3 heteroatoms. The van der Waals surface area contributed by atoms with Crippen molar-refractivity contribution in [1.82, 2.24) is 4.98 Å². The summed E-state index contributed by atoms with van der Waals surface area (Å²) in [6.07, 6.45) is 12.8. The van der Waals surface area contributed by atoms with Gasteiger partial charge in [-0.25, -0.2) is 0 Å². The third-order valence-corrected chi connectivity index (χ3v) is 20.6. The van der Waals surface area contributed by atoms with E-state index in [1.165, 1.54) is 68.4 Å². The molecule has 136 valence electrons. The SMILES string of the molecule is CCC[CH2][Sn]([CH2]CCC)([CH2]CCC)[c]1cc(OCC2CC2)ccn1. The first-order valence-electron chi connectivity index (χ1n) is 10.3. The Morgan fingerprint density at radius 3 is 2.08 bits per heavy atom. The summed E-state index contributed by atoms with van der Waals surface area (Å²) >= 11 is -2.39. The molecule has 0 aromatic carbocycles. The Morgan fingerprint density at radius 1 is 1.00 bits per heavy atom. The minimum atomic E-state index is -2.39. The van der Waals surface area contributed by atoms with E-state index in [-0.39, 0.29) is 0 Å². The molecule has 0 bridgehead atoms. The maximum absolute atomic E-state index is 6.07. The van der Waals surface area contributed by atoms with E-state index in [1.807, 2.05) is 6.20 Å². The van der Waals surface area contributed by atoms with Crippen molar-refractivity contribution in [2.45, 2.75) is 85.4 Å². The van der Waals surface area contributed by atoms with E-state index in [4.69, 9.17) is 9.72 Å². The Morgan fingerprint density at radius 2 is 1.58 bits per heavy atom. The number of ether oxygens (including phenoxy) is 1. The second-order valence-electron chi connectivity index (χ2n) is 7.72. The fraction of sp³-hybridized carbons (Fsp3) is 0.762. The van der Waals surface area contributed by atoms with Gasteiger partial charge in [0.2, 0.25) is 0 Å². The zero-order chi connectivity index (χ0) is 17.3. The molecule has 1 fully saturated rings. The quantitative estimate of drug-likeness (QED) is 0.357. The van der Waals surface area contributed by atoms with Crippen molar-refractivity contribution in [2.75, 3.05) is 6.61 Å². The Bertz CT molecular complexity index is 451. The average Bonchev–Trinajstić information content (AvgIpc) is 3.44. The summed E-state index contributed by atoms with van der Waals surface area (Å²) in [4.78, 5) is 4.93. The first kappa shape index (κ1) is 20.1. The molecule has 0 aliphatic heterocycles. The van der Waals surface area contributed by atoms with E-state index >= 15 is 0 Å². The summed E-state index contributed by atoms with van der Waals surface area (Å²) in [6, 6.07) is 4.42. The van der Waals surface area contributed by atoms with Gasteiger partial charge in [-0.2, -0.15) is 0 Å². The van der Waals surface area contributed by atoms with Crippen molar-refractivity contribution >= 4 is 22.1 Å². The summed E-state index contributed by atoms with van der Waals surface area (Å²) in [5, 5.41) is 0. The Labute approximate surface area is 153 Å². The van der Waals surface area contributed by atoms with Gasteiger partial charge in [0.25, 0.3) is 0 Å². The molecule has 0 radical (unpaired) electrons. The Balaban J connectivity index is 2.18. The molecule has 1 heterocycles. The van der Waals surface area contributed by atoms with Crippen molar-refractivity contribution in [3.63, 3.8) is 0 Å². The van der Waals surface area contributed by atoms with Crippen molar-refractivity contribution in [3.05, 3.63) is 18.3 Å². The van der Waals surface area contributed by atoms with E-state index < -0.39 is 18.4 Å². The molecular weight excluding hydrogens is 401 g/mol. The van der Waals surface area contributed by atoms with Gasteiger partial charge in [0.1, 0.15) is 0 Å². The molecule has 0 unspecified atom stereocenters. The minimum absolute atomic E-state index is 0.815. The molecule has 0 saturated heterocycles. The van der Waals surface area contributed by atoms with Gasteiger partial charge in [0, 0.05) is 0 Å². The van der Waals surface area contributed by atoms with Crippen LogP contribution in [0.25, 0.3) is 0 Å². The summed E-state index contributed by atoms with van der Waals surface area (Å²) < 4.78 is 12.0. The molecule has 1 aliphatic carbocycles. The van der Waals surface area contributed by atoms with Crippen LogP contribution in [-0.4, -0.2) is 30.0 Å². The molecule has 1 aliphatic rings. The molecule has 0 amide bonds. The van der Waals surface area contributed by atoms with E-state index in [9.17, 15) is 0 Å². The molecular formula is C21H37NOSn. The number of aromatic nitrogens is 1. The van der Waals surface area contributed by atoms with Crippen molar-refractivity contribution in [3.8, 4) is 5.75 Å². The molecule has 1 aromatic rings. The zero-order valence-corrected chi connectivity index (χ0v) is 19.0. The number of hydrogen-bond donors (Lipinski definition) is 0. The molecule has 24 heavy (non-hydrogen) atoms. The van der Waals surface area contributed by atoms with E-state index in [0.29, 0.717) is 0 Å². The van der Waals surface area contributed by atoms with Crippen LogP contribution in [0.4, 0.5) is 0 Å². The Kier molecular flexibility index (Phi) is 8.93. The summed E-state index contributed by atoms with van der Waals surface area (Å²) in [7, 11) is 0. The average molecular weight is 438 g/mol. The normalized spacial score (nSPS) is 14.8. The predicted molar refractivity (Wildman–Crippen MR) is 107 cm³/mol. The number of nitrogens with zero attached hydrogens (tertiary/aromatic N) is 1. The summed E-state index contributed by atoms with van der Waals surface area (Å²) in [6.45, 7) is 7.90. The van der Waals surface area contributed by atoms with Crippen LogP contribution in [0, 0.1) is 5.92 Å². The molecule has 0 atom stereocenters. The van der Waals surface area contributed by atoms with Crippen LogP contribution in [0.2, 0.25) is 13.3 Å². The first-order chi connectivity index (χ1) is 11.7.